The number of thiazole rings is 1. The van der Waals surface area contributed by atoms with Gasteiger partial charge in [0, 0.05) is 11.8 Å². The normalized spacial score (nSPS) is 22.4. The summed E-state index contributed by atoms with van der Waals surface area (Å²) in [5, 5.41) is 4.14. The van der Waals surface area contributed by atoms with Crippen molar-refractivity contribution in [3.8, 4) is 0 Å². The van der Waals surface area contributed by atoms with Gasteiger partial charge < -0.3 is 5.73 Å². The zero-order valence-corrected chi connectivity index (χ0v) is 9.16. The van der Waals surface area contributed by atoms with Crippen LogP contribution < -0.4 is 5.73 Å². The highest BCUT2D eigenvalue weighted by Gasteiger charge is 2.20. The summed E-state index contributed by atoms with van der Waals surface area (Å²) in [5.74, 6) is 1.30. The van der Waals surface area contributed by atoms with E-state index >= 15 is 0 Å². The minimum atomic E-state index is 0.677. The van der Waals surface area contributed by atoms with Crippen LogP contribution in [0.15, 0.2) is 5.38 Å². The van der Waals surface area contributed by atoms with Crippen LogP contribution in [0.2, 0.25) is 0 Å². The molecule has 0 amide bonds. The quantitative estimate of drug-likeness (QED) is 0.838. The zero-order valence-electron chi connectivity index (χ0n) is 7.53. The fourth-order valence-corrected chi connectivity index (χ4v) is 3.89. The molecule has 2 rings (SSSR count). The fourth-order valence-electron chi connectivity index (χ4n) is 1.51. The second kappa shape index (κ2) is 4.44. The van der Waals surface area contributed by atoms with Crippen LogP contribution in [-0.2, 0) is 6.42 Å². The molecule has 0 saturated carbocycles. The van der Waals surface area contributed by atoms with Crippen LogP contribution in [0.1, 0.15) is 28.8 Å². The lowest BCUT2D eigenvalue weighted by atomic mass is 10.2. The largest absolute Gasteiger partial charge is 0.330 e. The van der Waals surface area contributed by atoms with Gasteiger partial charge in [-0.2, -0.15) is 11.8 Å². The highest BCUT2D eigenvalue weighted by atomic mass is 32.2. The lowest BCUT2D eigenvalue weighted by molar-refractivity contribution is 0.813. The second-order valence-electron chi connectivity index (χ2n) is 3.22. The van der Waals surface area contributed by atoms with Gasteiger partial charge in [0.05, 0.1) is 10.9 Å². The Hall–Kier alpha value is -0.0600. The maximum Gasteiger partial charge on any atom is 0.106 e. The van der Waals surface area contributed by atoms with Crippen LogP contribution in [0.3, 0.4) is 0 Å². The Balaban J connectivity index is 2.03. The van der Waals surface area contributed by atoms with Gasteiger partial charge >= 0.3 is 0 Å². The Kier molecular flexibility index (Phi) is 3.24. The molecule has 0 aliphatic carbocycles. The zero-order chi connectivity index (χ0) is 9.10. The molecule has 1 atom stereocenters. The molecule has 0 aromatic carbocycles. The second-order valence-corrected chi connectivity index (χ2v) is 5.42. The van der Waals surface area contributed by atoms with Gasteiger partial charge in [0.2, 0.25) is 0 Å². The Morgan fingerprint density at radius 3 is 3.23 bits per heavy atom. The van der Waals surface area contributed by atoms with E-state index in [9.17, 15) is 0 Å². The van der Waals surface area contributed by atoms with E-state index in [-0.39, 0.29) is 0 Å². The molecule has 1 fully saturated rings. The van der Waals surface area contributed by atoms with Crippen molar-refractivity contribution in [1.29, 1.82) is 0 Å². The topological polar surface area (TPSA) is 38.9 Å². The molecular weight excluding hydrogens is 200 g/mol. The monoisotopic (exact) mass is 214 g/mol. The van der Waals surface area contributed by atoms with Crippen molar-refractivity contribution in [2.75, 3.05) is 12.3 Å². The van der Waals surface area contributed by atoms with Crippen LogP contribution >= 0.6 is 23.1 Å². The molecule has 2 N–H and O–H groups in total. The first kappa shape index (κ1) is 9.49. The van der Waals surface area contributed by atoms with Gasteiger partial charge in [-0.25, -0.2) is 4.98 Å². The lowest BCUT2D eigenvalue weighted by Gasteiger charge is -2.01. The number of hydrogen-bond acceptors (Lipinski definition) is 4. The van der Waals surface area contributed by atoms with E-state index in [1.165, 1.54) is 29.3 Å². The molecule has 1 aromatic heterocycles. The van der Waals surface area contributed by atoms with Gasteiger partial charge in [0.25, 0.3) is 0 Å². The minimum absolute atomic E-state index is 0.677. The van der Waals surface area contributed by atoms with Crippen LogP contribution in [0, 0.1) is 0 Å². The molecule has 0 spiro atoms. The molecule has 2 nitrogen and oxygen atoms in total. The molecule has 1 aliphatic heterocycles. The first-order valence-corrected chi connectivity index (χ1v) is 6.59. The molecule has 72 valence electrons. The van der Waals surface area contributed by atoms with Gasteiger partial charge in [-0.3, -0.25) is 0 Å². The predicted molar refractivity (Wildman–Crippen MR) is 59.3 cm³/mol. The van der Waals surface area contributed by atoms with E-state index in [1.54, 1.807) is 11.3 Å². The summed E-state index contributed by atoms with van der Waals surface area (Å²) in [4.78, 5) is 4.60. The molecule has 2 heterocycles. The van der Waals surface area contributed by atoms with E-state index in [0.29, 0.717) is 11.8 Å². The lowest BCUT2D eigenvalue weighted by Crippen LogP contribution is -2.03. The van der Waals surface area contributed by atoms with Gasteiger partial charge in [-0.05, 0) is 25.1 Å². The SMILES string of the molecule is NCCc1csc(C2CCCS2)n1. The molecule has 1 aliphatic rings. The molecule has 13 heavy (non-hydrogen) atoms. The summed E-state index contributed by atoms with van der Waals surface area (Å²) in [5.41, 5.74) is 6.66. The van der Waals surface area contributed by atoms with E-state index in [0.717, 1.165) is 6.42 Å². The van der Waals surface area contributed by atoms with E-state index < -0.39 is 0 Å². The minimum Gasteiger partial charge on any atom is -0.330 e. The molecule has 4 heteroatoms. The van der Waals surface area contributed by atoms with Crippen LogP contribution in [0.5, 0.6) is 0 Å². The highest BCUT2D eigenvalue weighted by molar-refractivity contribution is 7.99. The van der Waals surface area contributed by atoms with E-state index in [2.05, 4.69) is 10.4 Å². The van der Waals surface area contributed by atoms with Crippen molar-refractivity contribution in [2.24, 2.45) is 5.73 Å². The molecule has 0 bridgehead atoms. The van der Waals surface area contributed by atoms with Gasteiger partial charge in [-0.15, -0.1) is 11.3 Å². The smallest absolute Gasteiger partial charge is 0.106 e. The number of nitrogens with zero attached hydrogens (tertiary/aromatic N) is 1. The van der Waals surface area contributed by atoms with Gasteiger partial charge in [0.1, 0.15) is 5.01 Å². The third-order valence-corrected chi connectivity index (χ3v) is 4.72. The highest BCUT2D eigenvalue weighted by Crippen LogP contribution is 2.40. The molecular formula is C9H14N2S2. The molecule has 1 unspecified atom stereocenters. The predicted octanol–water partition coefficient (Wildman–Crippen LogP) is 2.21. The number of hydrogen-bond donors (Lipinski definition) is 1. The van der Waals surface area contributed by atoms with E-state index in [1.807, 2.05) is 11.8 Å². The number of nitrogens with two attached hydrogens (primary N) is 1. The first-order valence-electron chi connectivity index (χ1n) is 4.66. The maximum atomic E-state index is 5.48. The van der Waals surface area contributed by atoms with E-state index in [4.69, 9.17) is 5.73 Å². The van der Waals surface area contributed by atoms with Crippen molar-refractivity contribution in [3.05, 3.63) is 16.1 Å². The summed E-state index contributed by atoms with van der Waals surface area (Å²) in [6.07, 6.45) is 3.58. The average molecular weight is 214 g/mol. The standard InChI is InChI=1S/C9H14N2S2/c10-4-3-7-6-13-9(11-7)8-2-1-5-12-8/h6,8H,1-5,10H2. The third-order valence-electron chi connectivity index (χ3n) is 2.18. The summed E-state index contributed by atoms with van der Waals surface area (Å²) in [6.45, 7) is 0.709. The van der Waals surface area contributed by atoms with Crippen molar-refractivity contribution in [2.45, 2.75) is 24.5 Å². The van der Waals surface area contributed by atoms with Crippen LogP contribution in [0.25, 0.3) is 0 Å². The molecule has 1 aromatic rings. The third kappa shape index (κ3) is 2.24. The molecule has 0 radical (unpaired) electrons. The van der Waals surface area contributed by atoms with Crippen molar-refractivity contribution in [3.63, 3.8) is 0 Å². The number of rotatable bonds is 3. The van der Waals surface area contributed by atoms with Crippen LogP contribution in [0.4, 0.5) is 0 Å². The fraction of sp³-hybridized carbons (Fsp3) is 0.667. The summed E-state index contributed by atoms with van der Waals surface area (Å²) < 4.78 is 0. The van der Waals surface area contributed by atoms with Crippen molar-refractivity contribution < 1.29 is 0 Å². The van der Waals surface area contributed by atoms with Crippen molar-refractivity contribution in [1.82, 2.24) is 4.98 Å². The maximum absolute atomic E-state index is 5.48. The average Bonchev–Trinajstić information content (AvgIpc) is 2.70. The Morgan fingerprint density at radius 1 is 1.62 bits per heavy atom. The van der Waals surface area contributed by atoms with Gasteiger partial charge in [0.15, 0.2) is 0 Å². The Morgan fingerprint density at radius 2 is 2.54 bits per heavy atom. The van der Waals surface area contributed by atoms with Gasteiger partial charge in [-0.1, -0.05) is 0 Å². The summed E-state index contributed by atoms with van der Waals surface area (Å²) in [7, 11) is 0. The summed E-state index contributed by atoms with van der Waals surface area (Å²) >= 11 is 3.84. The first-order chi connectivity index (χ1) is 6.40. The number of aromatic nitrogens is 1. The molecule has 1 saturated heterocycles. The Bertz CT molecular complexity index is 266. The Labute approximate surface area is 86.9 Å². The van der Waals surface area contributed by atoms with Crippen molar-refractivity contribution >= 4 is 23.1 Å². The number of thioether (sulfide) groups is 1. The summed E-state index contributed by atoms with van der Waals surface area (Å²) in [6, 6.07) is 0. The van der Waals surface area contributed by atoms with Crippen LogP contribution in [-0.4, -0.2) is 17.3 Å².